The Kier molecular flexibility index (Phi) is 6.90. The van der Waals surface area contributed by atoms with Crippen LogP contribution in [0.15, 0.2) is 35.9 Å². The number of nitrogens with zero attached hydrogens (tertiary/aromatic N) is 2. The average Bonchev–Trinajstić information content (AvgIpc) is 3.02. The third-order valence-corrected chi connectivity index (χ3v) is 8.79. The topological polar surface area (TPSA) is 57.7 Å². The first kappa shape index (κ1) is 23.8. The van der Waals surface area contributed by atoms with Gasteiger partial charge in [0, 0.05) is 31.4 Å². The minimum Gasteiger partial charge on any atom is -0.372 e. The van der Waals surface area contributed by atoms with E-state index in [1.807, 2.05) is 4.90 Å². The van der Waals surface area contributed by atoms with Crippen LogP contribution in [0.4, 0.5) is 5.69 Å². The van der Waals surface area contributed by atoms with E-state index in [2.05, 4.69) is 76.8 Å². The van der Waals surface area contributed by atoms with Crippen LogP contribution in [0.5, 0.6) is 0 Å². The zero-order chi connectivity index (χ0) is 23.0. The quantitative estimate of drug-likeness (QED) is 0.559. The number of rotatable bonds is 8. The number of carbonyl (C=O) groups excluding carboxylic acids is 1. The second-order valence-electron chi connectivity index (χ2n) is 9.93. The third-order valence-electron chi connectivity index (χ3n) is 7.04. The van der Waals surface area contributed by atoms with Crippen LogP contribution in [0, 0.1) is 17.3 Å². The maximum Gasteiger partial charge on any atom is 0.227 e. The molecule has 0 N–H and O–H groups in total. The number of hydrogen-bond donors (Lipinski definition) is 0. The fraction of sp³-hybridized carbons (Fsp3) is 0.640. The van der Waals surface area contributed by atoms with Crippen molar-refractivity contribution in [3.8, 4) is 0 Å². The van der Waals surface area contributed by atoms with Crippen LogP contribution in [-0.4, -0.2) is 49.9 Å². The smallest absolute Gasteiger partial charge is 0.227 e. The molecule has 1 aliphatic heterocycles. The van der Waals surface area contributed by atoms with Crippen molar-refractivity contribution >= 4 is 21.4 Å². The molecule has 1 aliphatic carbocycles. The summed E-state index contributed by atoms with van der Waals surface area (Å²) in [4.78, 5) is 17.8. The molecule has 0 spiro atoms. The summed E-state index contributed by atoms with van der Waals surface area (Å²) in [5.74, 6) is 0.489. The fourth-order valence-electron chi connectivity index (χ4n) is 5.00. The summed E-state index contributed by atoms with van der Waals surface area (Å²) in [6.45, 7) is 15.0. The Labute approximate surface area is 188 Å². The zero-order valence-electron chi connectivity index (χ0n) is 19.9. The Morgan fingerprint density at radius 3 is 2.23 bits per heavy atom. The highest BCUT2D eigenvalue weighted by Crippen LogP contribution is 2.60. The number of anilines is 1. The highest BCUT2D eigenvalue weighted by Gasteiger charge is 2.61. The molecule has 31 heavy (non-hydrogen) atoms. The van der Waals surface area contributed by atoms with Gasteiger partial charge in [-0.05, 0) is 63.1 Å². The van der Waals surface area contributed by atoms with Gasteiger partial charge in [0.05, 0.1) is 17.4 Å². The Morgan fingerprint density at radius 2 is 1.74 bits per heavy atom. The van der Waals surface area contributed by atoms with Crippen molar-refractivity contribution < 1.29 is 13.2 Å². The van der Waals surface area contributed by atoms with Crippen molar-refractivity contribution in [2.45, 2.75) is 60.5 Å². The van der Waals surface area contributed by atoms with E-state index in [1.54, 1.807) is 0 Å². The number of benzene rings is 1. The summed E-state index contributed by atoms with van der Waals surface area (Å²) in [5.41, 5.74) is 3.35. The van der Waals surface area contributed by atoms with Crippen molar-refractivity contribution in [2.24, 2.45) is 17.3 Å². The number of allylic oxidation sites excluding steroid dienone is 2. The van der Waals surface area contributed by atoms with Crippen LogP contribution in [-0.2, 0) is 21.2 Å². The van der Waals surface area contributed by atoms with Crippen molar-refractivity contribution in [3.63, 3.8) is 0 Å². The van der Waals surface area contributed by atoms with E-state index < -0.39 is 9.84 Å². The second kappa shape index (κ2) is 8.97. The molecule has 2 aliphatic rings. The summed E-state index contributed by atoms with van der Waals surface area (Å²) < 4.78 is 24.4. The normalized spacial score (nSPS) is 25.7. The molecular weight excluding hydrogens is 408 g/mol. The van der Waals surface area contributed by atoms with Gasteiger partial charge in [-0.1, -0.05) is 37.6 Å². The van der Waals surface area contributed by atoms with Crippen molar-refractivity contribution in [3.05, 3.63) is 41.5 Å². The molecule has 0 unspecified atom stereocenters. The summed E-state index contributed by atoms with van der Waals surface area (Å²) >= 11 is 0. The number of carbonyl (C=O) groups is 1. The molecule has 0 aromatic heterocycles. The van der Waals surface area contributed by atoms with Crippen molar-refractivity contribution in [2.75, 3.05) is 29.5 Å². The van der Waals surface area contributed by atoms with E-state index in [0.717, 1.165) is 18.7 Å². The molecule has 1 amide bonds. The highest BCUT2D eigenvalue weighted by molar-refractivity contribution is 7.91. The van der Waals surface area contributed by atoms with Gasteiger partial charge in [-0.2, -0.15) is 0 Å². The van der Waals surface area contributed by atoms with Gasteiger partial charge in [-0.15, -0.1) is 0 Å². The maximum absolute atomic E-state index is 13.7. The molecule has 5 nitrogen and oxygen atoms in total. The molecule has 3 rings (SSSR count). The van der Waals surface area contributed by atoms with Crippen LogP contribution in [0.25, 0.3) is 0 Å². The van der Waals surface area contributed by atoms with Gasteiger partial charge < -0.3 is 9.80 Å². The van der Waals surface area contributed by atoms with E-state index in [4.69, 9.17) is 0 Å². The Morgan fingerprint density at radius 1 is 1.13 bits per heavy atom. The van der Waals surface area contributed by atoms with Gasteiger partial charge in [0.2, 0.25) is 5.91 Å². The molecule has 0 radical (unpaired) electrons. The SMILES string of the molecule is CCN(CC)c1ccc(CN(C(=O)[C@H]2[C@H](C=C(C)C)C2(C)C)[C@@H]2CCS(=O)(=O)C2)cc1. The number of amides is 1. The molecule has 1 aromatic rings. The molecule has 0 bridgehead atoms. The van der Waals surface area contributed by atoms with Gasteiger partial charge in [0.15, 0.2) is 9.84 Å². The lowest BCUT2D eigenvalue weighted by Crippen LogP contribution is -2.42. The summed E-state index contributed by atoms with van der Waals surface area (Å²) in [6.07, 6.45) is 2.73. The van der Waals surface area contributed by atoms with Crippen LogP contribution in [0.1, 0.15) is 53.5 Å². The molecule has 1 saturated carbocycles. The van der Waals surface area contributed by atoms with Gasteiger partial charge >= 0.3 is 0 Å². The van der Waals surface area contributed by atoms with Gasteiger partial charge in [0.25, 0.3) is 0 Å². The molecule has 1 saturated heterocycles. The third kappa shape index (κ3) is 5.16. The molecule has 6 heteroatoms. The van der Waals surface area contributed by atoms with Crippen molar-refractivity contribution in [1.29, 1.82) is 0 Å². The van der Waals surface area contributed by atoms with Crippen LogP contribution >= 0.6 is 0 Å². The molecule has 1 heterocycles. The molecule has 172 valence electrons. The first-order valence-corrected chi connectivity index (χ1v) is 13.3. The van der Waals surface area contributed by atoms with E-state index in [1.165, 1.54) is 11.3 Å². The molecular formula is C25H38N2O3S. The Hall–Kier alpha value is -1.82. The lowest BCUT2D eigenvalue weighted by molar-refractivity contribution is -0.136. The lowest BCUT2D eigenvalue weighted by Gasteiger charge is -2.29. The fourth-order valence-corrected chi connectivity index (χ4v) is 6.73. The minimum absolute atomic E-state index is 0.0801. The first-order valence-electron chi connectivity index (χ1n) is 11.5. The summed E-state index contributed by atoms with van der Waals surface area (Å²) in [6, 6.07) is 8.11. The van der Waals surface area contributed by atoms with Gasteiger partial charge in [-0.3, -0.25) is 4.79 Å². The minimum atomic E-state index is -3.07. The van der Waals surface area contributed by atoms with E-state index in [9.17, 15) is 13.2 Å². The standard InChI is InChI=1S/C25H38N2O3S/c1-7-26(8-2)20-11-9-19(10-12-20)16-27(21-13-14-31(29,30)17-21)24(28)23-22(15-18(3)4)25(23,5)6/h9-12,15,21-23H,7-8,13-14,16-17H2,1-6H3/t21-,22+,23-/m1/s1. The van der Waals surface area contributed by atoms with E-state index in [-0.39, 0.29) is 40.7 Å². The number of hydrogen-bond acceptors (Lipinski definition) is 4. The molecule has 3 atom stereocenters. The van der Waals surface area contributed by atoms with Gasteiger partial charge in [0.1, 0.15) is 0 Å². The van der Waals surface area contributed by atoms with E-state index >= 15 is 0 Å². The van der Waals surface area contributed by atoms with Gasteiger partial charge in [-0.25, -0.2) is 8.42 Å². The summed E-state index contributed by atoms with van der Waals surface area (Å²) in [5, 5.41) is 0. The zero-order valence-corrected chi connectivity index (χ0v) is 20.7. The predicted molar refractivity (Wildman–Crippen MR) is 128 cm³/mol. The largest absolute Gasteiger partial charge is 0.372 e. The monoisotopic (exact) mass is 446 g/mol. The van der Waals surface area contributed by atoms with Crippen molar-refractivity contribution in [1.82, 2.24) is 4.90 Å². The Bertz CT molecular complexity index is 926. The van der Waals surface area contributed by atoms with E-state index in [0.29, 0.717) is 13.0 Å². The predicted octanol–water partition coefficient (Wildman–Crippen LogP) is 4.29. The van der Waals surface area contributed by atoms with Crippen LogP contribution in [0.3, 0.4) is 0 Å². The van der Waals surface area contributed by atoms with Crippen LogP contribution in [0.2, 0.25) is 0 Å². The molecule has 1 aromatic carbocycles. The molecule has 2 fully saturated rings. The maximum atomic E-state index is 13.7. The summed E-state index contributed by atoms with van der Waals surface area (Å²) in [7, 11) is -3.07. The lowest BCUT2D eigenvalue weighted by atomic mass is 10.1. The first-order chi connectivity index (χ1) is 14.5. The highest BCUT2D eigenvalue weighted by atomic mass is 32.2. The Balaban J connectivity index is 1.84. The van der Waals surface area contributed by atoms with Crippen LogP contribution < -0.4 is 4.90 Å². The average molecular weight is 447 g/mol. The second-order valence-corrected chi connectivity index (χ2v) is 12.2. The number of sulfone groups is 1.